The van der Waals surface area contributed by atoms with Gasteiger partial charge in [0.2, 0.25) is 0 Å². The second-order valence-corrected chi connectivity index (χ2v) is 7.36. The summed E-state index contributed by atoms with van der Waals surface area (Å²) in [6, 6.07) is 4.43. The zero-order valence-corrected chi connectivity index (χ0v) is 12.9. The number of thiophene rings is 1. The molecule has 0 radical (unpaired) electrons. The molecule has 102 valence electrons. The molecule has 2 heterocycles. The molecule has 0 saturated carbocycles. The van der Waals surface area contributed by atoms with Crippen LogP contribution in [0.15, 0.2) is 17.5 Å². The van der Waals surface area contributed by atoms with Crippen molar-refractivity contribution in [1.29, 1.82) is 0 Å². The summed E-state index contributed by atoms with van der Waals surface area (Å²) in [7, 11) is 0. The zero-order chi connectivity index (χ0) is 13.2. The van der Waals surface area contributed by atoms with E-state index in [9.17, 15) is 0 Å². The van der Waals surface area contributed by atoms with Crippen LogP contribution < -0.4 is 5.32 Å². The number of nitrogens with one attached hydrogen (secondary N) is 1. The molecule has 0 bridgehead atoms. The lowest BCUT2D eigenvalue weighted by molar-refractivity contribution is 0.120. The summed E-state index contributed by atoms with van der Waals surface area (Å²) in [6.45, 7) is 14.0. The van der Waals surface area contributed by atoms with Gasteiger partial charge in [-0.2, -0.15) is 0 Å². The van der Waals surface area contributed by atoms with E-state index in [2.05, 4.69) is 55.4 Å². The van der Waals surface area contributed by atoms with E-state index in [4.69, 9.17) is 0 Å². The first-order valence-corrected chi connectivity index (χ1v) is 7.84. The molecule has 18 heavy (non-hydrogen) atoms. The van der Waals surface area contributed by atoms with Crippen molar-refractivity contribution in [3.63, 3.8) is 0 Å². The van der Waals surface area contributed by atoms with Crippen molar-refractivity contribution < 1.29 is 0 Å². The Morgan fingerprint density at radius 1 is 1.50 bits per heavy atom. The van der Waals surface area contributed by atoms with Crippen LogP contribution in [0.4, 0.5) is 0 Å². The third-order valence-electron chi connectivity index (χ3n) is 4.14. The highest BCUT2D eigenvalue weighted by Gasteiger charge is 2.32. The fraction of sp³-hybridized carbons (Fsp3) is 0.733. The second kappa shape index (κ2) is 5.32. The van der Waals surface area contributed by atoms with E-state index in [0.717, 1.165) is 19.6 Å². The summed E-state index contributed by atoms with van der Waals surface area (Å²) >= 11 is 1.88. The third kappa shape index (κ3) is 3.14. The van der Waals surface area contributed by atoms with Gasteiger partial charge in [-0.15, -0.1) is 11.3 Å². The Balaban J connectivity index is 2.01. The average Bonchev–Trinajstić information content (AvgIpc) is 2.82. The van der Waals surface area contributed by atoms with Gasteiger partial charge in [-0.1, -0.05) is 26.8 Å². The van der Waals surface area contributed by atoms with Gasteiger partial charge in [0.25, 0.3) is 0 Å². The molecule has 1 fully saturated rings. The van der Waals surface area contributed by atoms with Crippen molar-refractivity contribution in [2.45, 2.75) is 45.1 Å². The highest BCUT2D eigenvalue weighted by Crippen LogP contribution is 2.29. The Bertz CT molecular complexity index is 372. The van der Waals surface area contributed by atoms with Crippen molar-refractivity contribution in [3.8, 4) is 0 Å². The molecule has 0 aromatic carbocycles. The van der Waals surface area contributed by atoms with Crippen molar-refractivity contribution in [2.75, 3.05) is 26.2 Å². The quantitative estimate of drug-likeness (QED) is 0.901. The lowest BCUT2D eigenvalue weighted by Gasteiger charge is -2.43. The number of hydrogen-bond donors (Lipinski definition) is 1. The minimum absolute atomic E-state index is 0.264. The molecule has 1 aromatic rings. The Hall–Kier alpha value is -0.380. The monoisotopic (exact) mass is 266 g/mol. The van der Waals surface area contributed by atoms with Gasteiger partial charge in [-0.25, -0.2) is 0 Å². The van der Waals surface area contributed by atoms with E-state index in [1.807, 2.05) is 11.3 Å². The molecular formula is C15H26N2S. The van der Waals surface area contributed by atoms with Gasteiger partial charge >= 0.3 is 0 Å². The Morgan fingerprint density at radius 2 is 2.28 bits per heavy atom. The minimum atomic E-state index is 0.264. The summed E-state index contributed by atoms with van der Waals surface area (Å²) in [4.78, 5) is 4.12. The normalized spacial score (nSPS) is 26.4. The predicted octanol–water partition coefficient (Wildman–Crippen LogP) is 3.10. The molecule has 1 N–H and O–H groups in total. The molecule has 0 spiro atoms. The van der Waals surface area contributed by atoms with Gasteiger partial charge in [0, 0.05) is 42.0 Å². The maximum absolute atomic E-state index is 3.66. The molecule has 1 aromatic heterocycles. The van der Waals surface area contributed by atoms with Gasteiger partial charge in [0.05, 0.1) is 0 Å². The second-order valence-electron chi connectivity index (χ2n) is 6.41. The van der Waals surface area contributed by atoms with Crippen LogP contribution in [0.25, 0.3) is 0 Å². The van der Waals surface area contributed by atoms with E-state index >= 15 is 0 Å². The van der Waals surface area contributed by atoms with Gasteiger partial charge in [-0.05, 0) is 24.8 Å². The summed E-state index contributed by atoms with van der Waals surface area (Å²) in [5.74, 6) is 0. The van der Waals surface area contributed by atoms with E-state index in [1.54, 1.807) is 0 Å². The standard InChI is InChI=1S/C15H26N2S/c1-5-15(4)12-17(9-8-16-15)11-14(2,3)13-7-6-10-18-13/h6-7,10,16H,5,8-9,11-12H2,1-4H3. The van der Waals surface area contributed by atoms with Crippen LogP contribution in [0.1, 0.15) is 39.0 Å². The lowest BCUT2D eigenvalue weighted by atomic mass is 9.88. The Labute approximate surface area is 115 Å². The summed E-state index contributed by atoms with van der Waals surface area (Å²) < 4.78 is 0. The lowest BCUT2D eigenvalue weighted by Crippen LogP contribution is -2.59. The average molecular weight is 266 g/mol. The SMILES string of the molecule is CCC1(C)CN(CC(C)(C)c2cccs2)CCN1. The molecule has 2 rings (SSSR count). The largest absolute Gasteiger partial charge is 0.309 e. The van der Waals surface area contributed by atoms with Crippen LogP contribution in [0.3, 0.4) is 0 Å². The molecule has 0 amide bonds. The van der Waals surface area contributed by atoms with Crippen molar-refractivity contribution in [2.24, 2.45) is 0 Å². The Morgan fingerprint density at radius 3 is 2.89 bits per heavy atom. The smallest absolute Gasteiger partial charge is 0.0278 e. The van der Waals surface area contributed by atoms with Crippen LogP contribution in [0.2, 0.25) is 0 Å². The van der Waals surface area contributed by atoms with Crippen molar-refractivity contribution >= 4 is 11.3 Å². The van der Waals surface area contributed by atoms with Crippen LogP contribution in [-0.2, 0) is 5.41 Å². The molecule has 1 aliphatic rings. The topological polar surface area (TPSA) is 15.3 Å². The number of nitrogens with zero attached hydrogens (tertiary/aromatic N) is 1. The number of hydrogen-bond acceptors (Lipinski definition) is 3. The van der Waals surface area contributed by atoms with Gasteiger partial charge in [-0.3, -0.25) is 4.90 Å². The number of rotatable bonds is 4. The molecule has 1 saturated heterocycles. The molecule has 1 atom stereocenters. The first-order chi connectivity index (χ1) is 8.45. The van der Waals surface area contributed by atoms with Crippen LogP contribution in [0, 0.1) is 0 Å². The van der Waals surface area contributed by atoms with E-state index in [0.29, 0.717) is 5.54 Å². The third-order valence-corrected chi connectivity index (χ3v) is 5.38. The molecule has 1 unspecified atom stereocenters. The maximum Gasteiger partial charge on any atom is 0.0278 e. The Kier molecular flexibility index (Phi) is 4.15. The fourth-order valence-corrected chi connectivity index (χ4v) is 3.66. The fourth-order valence-electron chi connectivity index (χ4n) is 2.82. The zero-order valence-electron chi connectivity index (χ0n) is 12.1. The van der Waals surface area contributed by atoms with Crippen molar-refractivity contribution in [1.82, 2.24) is 10.2 Å². The molecular weight excluding hydrogens is 240 g/mol. The minimum Gasteiger partial charge on any atom is -0.309 e. The van der Waals surface area contributed by atoms with Crippen LogP contribution >= 0.6 is 11.3 Å². The molecule has 1 aliphatic heterocycles. The summed E-state index contributed by atoms with van der Waals surface area (Å²) in [5.41, 5.74) is 0.559. The highest BCUT2D eigenvalue weighted by molar-refractivity contribution is 7.10. The van der Waals surface area contributed by atoms with Crippen molar-refractivity contribution in [3.05, 3.63) is 22.4 Å². The first kappa shape index (κ1) is 14.0. The predicted molar refractivity (Wildman–Crippen MR) is 80.5 cm³/mol. The molecule has 0 aliphatic carbocycles. The van der Waals surface area contributed by atoms with E-state index in [-0.39, 0.29) is 5.41 Å². The first-order valence-electron chi connectivity index (χ1n) is 6.97. The summed E-state index contributed by atoms with van der Waals surface area (Å²) in [6.07, 6.45) is 1.20. The van der Waals surface area contributed by atoms with Crippen LogP contribution in [-0.4, -0.2) is 36.6 Å². The molecule has 3 heteroatoms. The maximum atomic E-state index is 3.66. The summed E-state index contributed by atoms with van der Waals surface area (Å²) in [5, 5.41) is 5.84. The van der Waals surface area contributed by atoms with E-state index in [1.165, 1.54) is 17.8 Å². The molecule has 2 nitrogen and oxygen atoms in total. The van der Waals surface area contributed by atoms with Gasteiger partial charge in [0.15, 0.2) is 0 Å². The van der Waals surface area contributed by atoms with E-state index < -0.39 is 0 Å². The number of piperazine rings is 1. The van der Waals surface area contributed by atoms with Crippen LogP contribution in [0.5, 0.6) is 0 Å². The highest BCUT2D eigenvalue weighted by atomic mass is 32.1. The van der Waals surface area contributed by atoms with Gasteiger partial charge < -0.3 is 5.32 Å². The van der Waals surface area contributed by atoms with Gasteiger partial charge in [0.1, 0.15) is 0 Å².